The van der Waals surface area contributed by atoms with E-state index in [0.717, 1.165) is 25.9 Å². The fraction of sp³-hybridized carbons (Fsp3) is 0.650. The third-order valence-corrected chi connectivity index (χ3v) is 6.07. The van der Waals surface area contributed by atoms with Gasteiger partial charge in [0.15, 0.2) is 0 Å². The van der Waals surface area contributed by atoms with Crippen molar-refractivity contribution in [1.29, 1.82) is 0 Å². The largest absolute Gasteiger partial charge is 0.343 e. The van der Waals surface area contributed by atoms with Crippen LogP contribution in [0.25, 0.3) is 0 Å². The first-order valence-electron chi connectivity index (χ1n) is 9.41. The molecule has 4 rings (SSSR count). The second-order valence-corrected chi connectivity index (χ2v) is 7.49. The maximum Gasteiger partial charge on any atom is 0.222 e. The SMILES string of the molecule is O=C1CCCN1CCC1CCCCN1C1Cc2ccccc2C1. The number of benzene rings is 1. The van der Waals surface area contributed by atoms with Gasteiger partial charge in [0.05, 0.1) is 0 Å². The lowest BCUT2D eigenvalue weighted by molar-refractivity contribution is -0.127. The van der Waals surface area contributed by atoms with Crippen molar-refractivity contribution >= 4 is 5.91 Å². The Morgan fingerprint density at radius 2 is 1.78 bits per heavy atom. The van der Waals surface area contributed by atoms with Crippen molar-refractivity contribution < 1.29 is 4.79 Å². The highest BCUT2D eigenvalue weighted by Crippen LogP contribution is 2.31. The highest BCUT2D eigenvalue weighted by Gasteiger charge is 2.33. The number of piperidine rings is 1. The average Bonchev–Trinajstić information content (AvgIpc) is 3.19. The highest BCUT2D eigenvalue weighted by molar-refractivity contribution is 5.78. The highest BCUT2D eigenvalue weighted by atomic mass is 16.2. The van der Waals surface area contributed by atoms with Crippen LogP contribution in [0.15, 0.2) is 24.3 Å². The van der Waals surface area contributed by atoms with E-state index in [2.05, 4.69) is 34.1 Å². The minimum Gasteiger partial charge on any atom is -0.343 e. The number of carbonyl (C=O) groups is 1. The quantitative estimate of drug-likeness (QED) is 0.853. The molecule has 23 heavy (non-hydrogen) atoms. The van der Waals surface area contributed by atoms with E-state index in [4.69, 9.17) is 0 Å². The second-order valence-electron chi connectivity index (χ2n) is 7.49. The first-order chi connectivity index (χ1) is 11.3. The van der Waals surface area contributed by atoms with E-state index in [0.29, 0.717) is 18.0 Å². The molecule has 0 bridgehead atoms. The molecule has 2 aliphatic heterocycles. The minimum absolute atomic E-state index is 0.376. The van der Waals surface area contributed by atoms with Gasteiger partial charge in [-0.05, 0) is 56.2 Å². The molecule has 1 unspecified atom stereocenters. The molecule has 3 aliphatic rings. The van der Waals surface area contributed by atoms with Crippen molar-refractivity contribution in [2.45, 2.75) is 63.5 Å². The second kappa shape index (κ2) is 6.64. The topological polar surface area (TPSA) is 23.6 Å². The van der Waals surface area contributed by atoms with Crippen LogP contribution in [0.2, 0.25) is 0 Å². The van der Waals surface area contributed by atoms with Crippen molar-refractivity contribution in [2.75, 3.05) is 19.6 Å². The standard InChI is InChI=1S/C20H28N2O/c23-20-9-5-11-21(20)13-10-18-8-3-4-12-22(18)19-14-16-6-1-2-7-17(16)15-19/h1-2,6-7,18-19H,3-5,8-15H2. The number of likely N-dealkylation sites (tertiary alicyclic amines) is 2. The minimum atomic E-state index is 0.376. The van der Waals surface area contributed by atoms with Gasteiger partial charge < -0.3 is 4.90 Å². The van der Waals surface area contributed by atoms with E-state index in [1.54, 1.807) is 11.1 Å². The van der Waals surface area contributed by atoms with Crippen LogP contribution in [0.5, 0.6) is 0 Å². The predicted octanol–water partition coefficient (Wildman–Crippen LogP) is 3.02. The number of amides is 1. The molecule has 0 N–H and O–H groups in total. The molecule has 1 aliphatic carbocycles. The van der Waals surface area contributed by atoms with Crippen LogP contribution < -0.4 is 0 Å². The summed E-state index contributed by atoms with van der Waals surface area (Å²) in [5, 5.41) is 0. The van der Waals surface area contributed by atoms with E-state index < -0.39 is 0 Å². The van der Waals surface area contributed by atoms with E-state index in [1.165, 1.54) is 45.1 Å². The summed E-state index contributed by atoms with van der Waals surface area (Å²) in [6, 6.07) is 10.3. The van der Waals surface area contributed by atoms with Crippen LogP contribution >= 0.6 is 0 Å². The summed E-state index contributed by atoms with van der Waals surface area (Å²) in [4.78, 5) is 16.7. The molecule has 2 fully saturated rings. The molecule has 1 amide bonds. The van der Waals surface area contributed by atoms with Gasteiger partial charge >= 0.3 is 0 Å². The summed E-state index contributed by atoms with van der Waals surface area (Å²) < 4.78 is 0. The van der Waals surface area contributed by atoms with Crippen molar-refractivity contribution in [3.8, 4) is 0 Å². The Kier molecular flexibility index (Phi) is 4.39. The van der Waals surface area contributed by atoms with E-state index >= 15 is 0 Å². The lowest BCUT2D eigenvalue weighted by Gasteiger charge is -2.40. The lowest BCUT2D eigenvalue weighted by atomic mass is 9.96. The van der Waals surface area contributed by atoms with Gasteiger partial charge in [0, 0.05) is 31.6 Å². The third kappa shape index (κ3) is 3.16. The maximum absolute atomic E-state index is 11.8. The monoisotopic (exact) mass is 312 g/mol. The van der Waals surface area contributed by atoms with Crippen LogP contribution in [0, 0.1) is 0 Å². The van der Waals surface area contributed by atoms with Gasteiger partial charge in [0.25, 0.3) is 0 Å². The number of rotatable bonds is 4. The molecular weight excluding hydrogens is 284 g/mol. The summed E-state index contributed by atoms with van der Waals surface area (Å²) in [7, 11) is 0. The molecule has 3 heteroatoms. The van der Waals surface area contributed by atoms with Gasteiger partial charge in [-0.1, -0.05) is 30.7 Å². The first kappa shape index (κ1) is 15.2. The molecule has 1 aromatic carbocycles. The van der Waals surface area contributed by atoms with Gasteiger partial charge in [-0.3, -0.25) is 9.69 Å². The molecule has 0 spiro atoms. The number of hydrogen-bond donors (Lipinski definition) is 0. The Bertz CT molecular complexity index is 546. The zero-order chi connectivity index (χ0) is 15.6. The van der Waals surface area contributed by atoms with Gasteiger partial charge in [-0.25, -0.2) is 0 Å². The van der Waals surface area contributed by atoms with Crippen molar-refractivity contribution in [3.05, 3.63) is 35.4 Å². The lowest BCUT2D eigenvalue weighted by Crippen LogP contribution is -2.48. The Balaban J connectivity index is 1.39. The van der Waals surface area contributed by atoms with E-state index in [9.17, 15) is 4.79 Å². The summed E-state index contributed by atoms with van der Waals surface area (Å²) in [6.07, 6.45) is 9.44. The smallest absolute Gasteiger partial charge is 0.222 e. The molecular formula is C20H28N2O. The average molecular weight is 312 g/mol. The van der Waals surface area contributed by atoms with Crippen LogP contribution in [-0.4, -0.2) is 47.4 Å². The first-order valence-corrected chi connectivity index (χ1v) is 9.41. The Morgan fingerprint density at radius 3 is 2.48 bits per heavy atom. The predicted molar refractivity (Wildman–Crippen MR) is 92.4 cm³/mol. The van der Waals surface area contributed by atoms with E-state index in [1.807, 2.05) is 0 Å². The van der Waals surface area contributed by atoms with Crippen molar-refractivity contribution in [2.24, 2.45) is 0 Å². The molecule has 2 saturated heterocycles. The number of hydrogen-bond acceptors (Lipinski definition) is 2. The maximum atomic E-state index is 11.8. The number of nitrogens with zero attached hydrogens (tertiary/aromatic N) is 2. The van der Waals surface area contributed by atoms with Gasteiger partial charge in [-0.2, -0.15) is 0 Å². The van der Waals surface area contributed by atoms with Crippen LogP contribution in [0.3, 0.4) is 0 Å². The normalized spacial score (nSPS) is 26.0. The summed E-state index contributed by atoms with van der Waals surface area (Å²) >= 11 is 0. The molecule has 3 nitrogen and oxygen atoms in total. The van der Waals surface area contributed by atoms with Gasteiger partial charge in [0.1, 0.15) is 0 Å². The Morgan fingerprint density at radius 1 is 1.00 bits per heavy atom. The fourth-order valence-corrected chi connectivity index (χ4v) is 4.83. The molecule has 0 saturated carbocycles. The van der Waals surface area contributed by atoms with Crippen LogP contribution in [-0.2, 0) is 17.6 Å². The summed E-state index contributed by atoms with van der Waals surface area (Å²) in [6.45, 7) is 3.21. The molecule has 124 valence electrons. The van der Waals surface area contributed by atoms with Crippen molar-refractivity contribution in [3.63, 3.8) is 0 Å². The van der Waals surface area contributed by atoms with Gasteiger partial charge in [0.2, 0.25) is 5.91 Å². The van der Waals surface area contributed by atoms with Crippen molar-refractivity contribution in [1.82, 2.24) is 9.80 Å². The number of fused-ring (bicyclic) bond motifs is 1. The molecule has 2 heterocycles. The molecule has 1 aromatic rings. The summed E-state index contributed by atoms with van der Waals surface area (Å²) in [5.41, 5.74) is 3.10. The summed E-state index contributed by atoms with van der Waals surface area (Å²) in [5.74, 6) is 0.376. The number of carbonyl (C=O) groups excluding carboxylic acids is 1. The molecule has 0 aromatic heterocycles. The zero-order valence-corrected chi connectivity index (χ0v) is 14.0. The van der Waals surface area contributed by atoms with Crippen LogP contribution in [0.1, 0.15) is 49.7 Å². The molecule has 0 radical (unpaired) electrons. The fourth-order valence-electron chi connectivity index (χ4n) is 4.83. The third-order valence-electron chi connectivity index (χ3n) is 6.07. The molecule has 1 atom stereocenters. The zero-order valence-electron chi connectivity index (χ0n) is 14.0. The van der Waals surface area contributed by atoms with Crippen LogP contribution in [0.4, 0.5) is 0 Å². The van der Waals surface area contributed by atoms with E-state index in [-0.39, 0.29) is 0 Å². The Labute approximate surface area is 139 Å². The van der Waals surface area contributed by atoms with Gasteiger partial charge in [-0.15, -0.1) is 0 Å². The Hall–Kier alpha value is -1.35.